The van der Waals surface area contributed by atoms with Gasteiger partial charge < -0.3 is 33.9 Å². The number of anilines is 1. The fourth-order valence-electron chi connectivity index (χ4n) is 6.87. The molecule has 2 saturated carbocycles. The molecular weight excluding hydrogens is 596 g/mol. The molecule has 3 heterocycles. The molecule has 0 saturated heterocycles. The lowest BCUT2D eigenvalue weighted by atomic mass is 9.99. The second kappa shape index (κ2) is 11.8. The number of ether oxygens (including phenoxy) is 2. The zero-order valence-corrected chi connectivity index (χ0v) is 25.4. The third-order valence-electron chi connectivity index (χ3n) is 9.18. The van der Waals surface area contributed by atoms with E-state index in [-0.39, 0.29) is 31.2 Å². The maximum Gasteiger partial charge on any atom is 0.387 e. The normalized spacial score (nSPS) is 24.1. The summed E-state index contributed by atoms with van der Waals surface area (Å²) in [6, 6.07) is 6.50. The Morgan fingerprint density at radius 2 is 1.91 bits per heavy atom. The molecule has 2 aromatic heterocycles. The molecule has 10 nitrogen and oxygen atoms in total. The van der Waals surface area contributed by atoms with E-state index in [2.05, 4.69) is 4.98 Å². The summed E-state index contributed by atoms with van der Waals surface area (Å²) in [5.41, 5.74) is -0.187. The fourth-order valence-corrected chi connectivity index (χ4v) is 8.11. The van der Waals surface area contributed by atoms with E-state index in [0.717, 1.165) is 25.7 Å². The molecule has 236 valence electrons. The minimum Gasteiger partial charge on any atom is -0.480 e. The minimum absolute atomic E-state index is 0.0139. The smallest absolute Gasteiger partial charge is 0.387 e. The number of carbonyl (C=O) groups is 2. The van der Waals surface area contributed by atoms with Crippen LogP contribution in [0.3, 0.4) is 0 Å². The van der Waals surface area contributed by atoms with Crippen LogP contribution in [0.5, 0.6) is 5.75 Å². The van der Waals surface area contributed by atoms with Gasteiger partial charge in [-0.2, -0.15) is 8.78 Å². The third kappa shape index (κ3) is 5.56. The number of carbonyl (C=O) groups excluding carboxylic acids is 1. The lowest BCUT2D eigenvalue weighted by molar-refractivity contribution is -0.147. The van der Waals surface area contributed by atoms with Gasteiger partial charge in [0.25, 0.3) is 5.91 Å². The van der Waals surface area contributed by atoms with E-state index in [1.54, 1.807) is 25.1 Å². The van der Waals surface area contributed by atoms with Crippen molar-refractivity contribution in [3.8, 4) is 16.5 Å². The number of rotatable bonds is 10. The van der Waals surface area contributed by atoms with Crippen LogP contribution in [0.1, 0.15) is 67.1 Å². The first-order valence-electron chi connectivity index (χ1n) is 14.6. The zero-order valence-electron chi connectivity index (χ0n) is 24.6. The summed E-state index contributed by atoms with van der Waals surface area (Å²) in [5, 5.41) is 20.8. The predicted octanol–water partition coefficient (Wildman–Crippen LogP) is 5.70. The van der Waals surface area contributed by atoms with Crippen molar-refractivity contribution in [1.29, 1.82) is 0 Å². The van der Waals surface area contributed by atoms with Crippen LogP contribution in [0.2, 0.25) is 0 Å². The minimum atomic E-state index is -3.04. The molecule has 1 unspecified atom stereocenters. The molecule has 3 aromatic rings. The Balaban J connectivity index is 1.40. The summed E-state index contributed by atoms with van der Waals surface area (Å²) < 4.78 is 44.2. The summed E-state index contributed by atoms with van der Waals surface area (Å²) in [7, 11) is 0. The van der Waals surface area contributed by atoms with Crippen LogP contribution in [-0.2, 0) is 9.53 Å². The molecule has 1 amide bonds. The van der Waals surface area contributed by atoms with Gasteiger partial charge in [0, 0.05) is 5.56 Å². The van der Waals surface area contributed by atoms with Crippen molar-refractivity contribution in [2.24, 2.45) is 11.8 Å². The van der Waals surface area contributed by atoms with Crippen LogP contribution in [0.15, 0.2) is 41.1 Å². The van der Waals surface area contributed by atoms with Gasteiger partial charge in [0.15, 0.2) is 0 Å². The van der Waals surface area contributed by atoms with Gasteiger partial charge in [0.1, 0.15) is 28.7 Å². The first kappa shape index (κ1) is 30.5. The highest BCUT2D eigenvalue weighted by Crippen LogP contribution is 2.49. The fraction of sp³-hybridized carbons (Fsp3) is 0.516. The number of aliphatic carboxylic acids is 1. The Morgan fingerprint density at radius 1 is 1.20 bits per heavy atom. The van der Waals surface area contributed by atoms with Gasteiger partial charge in [-0.3, -0.25) is 4.79 Å². The number of para-hydroxylation sites is 1. The number of nitrogens with zero attached hydrogens (tertiary/aromatic N) is 3. The second-order valence-electron chi connectivity index (χ2n) is 12.3. The number of amides is 1. The topological polar surface area (TPSA) is 126 Å². The molecule has 0 spiro atoms. The number of alkyl halides is 2. The summed E-state index contributed by atoms with van der Waals surface area (Å²) in [4.78, 5) is 34.3. The molecule has 0 radical (unpaired) electrons. The quantitative estimate of drug-likeness (QED) is 0.290. The molecule has 2 fully saturated rings. The number of aromatic nitrogens is 1. The Kier molecular flexibility index (Phi) is 8.14. The number of aliphatic hydroxyl groups excluding tert-OH is 1. The molecule has 1 aliphatic heterocycles. The molecule has 2 N–H and O–H groups in total. The van der Waals surface area contributed by atoms with E-state index >= 15 is 0 Å². The highest BCUT2D eigenvalue weighted by Gasteiger charge is 2.46. The van der Waals surface area contributed by atoms with E-state index < -0.39 is 30.1 Å². The van der Waals surface area contributed by atoms with E-state index in [4.69, 9.17) is 13.9 Å². The summed E-state index contributed by atoms with van der Waals surface area (Å²) in [5.74, 6) is -0.619. The lowest BCUT2D eigenvalue weighted by Gasteiger charge is -2.44. The average Bonchev–Trinajstić information content (AvgIpc) is 3.74. The number of carboxylic acid groups (broad SMARTS) is 1. The highest BCUT2D eigenvalue weighted by atomic mass is 32.1. The Morgan fingerprint density at radius 3 is 2.55 bits per heavy atom. The third-order valence-corrected chi connectivity index (χ3v) is 10.5. The standard InChI is InChI=1S/C31H35F2N3O7S/c1-16-24-27(38)36(31(2,3)29(39)40)15-35(28(24)44-25(16)26-34-8-9-41-26)14-23(21-6-4-5-7-22(21)43-30(32)33)42-20-12-17-10-19(37)11-18(17)13-20/h4-9,17-20,23,30,37H,10-15H2,1-3H3,(H,39,40)/t17-,18+,19-,20+,23?. The molecule has 13 heteroatoms. The zero-order chi connectivity index (χ0) is 31.3. The second-order valence-corrected chi connectivity index (χ2v) is 13.3. The number of benzene rings is 1. The molecule has 0 bridgehead atoms. The SMILES string of the molecule is Cc1c(-c2ncco2)sc2c1C(=O)N(C(C)(C)C(=O)O)CN2CC(O[C@H]1C[C@H]2C[C@@H](O)C[C@H]2C1)c1ccccc1OC(F)F. The summed E-state index contributed by atoms with van der Waals surface area (Å²) in [6.45, 7) is 1.72. The number of fused-ring (bicyclic) bond motifs is 2. The maximum absolute atomic E-state index is 13.9. The predicted molar refractivity (Wildman–Crippen MR) is 157 cm³/mol. The van der Waals surface area contributed by atoms with Crippen LogP contribution in [0.25, 0.3) is 10.8 Å². The largest absolute Gasteiger partial charge is 0.480 e. The summed E-state index contributed by atoms with van der Waals surface area (Å²) >= 11 is 1.30. The van der Waals surface area contributed by atoms with Crippen LogP contribution in [0, 0.1) is 18.8 Å². The number of halogens is 2. The molecule has 6 rings (SSSR count). The number of hydrogen-bond acceptors (Lipinski definition) is 9. The number of thiophene rings is 1. The number of aliphatic hydroxyl groups is 1. The van der Waals surface area contributed by atoms with Gasteiger partial charge in [-0.25, -0.2) is 9.78 Å². The Bertz CT molecular complexity index is 1510. The Labute approximate surface area is 257 Å². The van der Waals surface area contributed by atoms with Crippen molar-refractivity contribution >= 4 is 28.2 Å². The average molecular weight is 632 g/mol. The van der Waals surface area contributed by atoms with Crippen molar-refractivity contribution < 1.29 is 42.5 Å². The first-order valence-corrected chi connectivity index (χ1v) is 15.5. The number of carboxylic acids is 1. The van der Waals surface area contributed by atoms with E-state index in [1.165, 1.54) is 48.6 Å². The van der Waals surface area contributed by atoms with Crippen molar-refractivity contribution in [3.63, 3.8) is 0 Å². The van der Waals surface area contributed by atoms with Gasteiger partial charge in [0.2, 0.25) is 5.89 Å². The van der Waals surface area contributed by atoms with Crippen molar-refractivity contribution in [3.05, 3.63) is 53.4 Å². The highest BCUT2D eigenvalue weighted by molar-refractivity contribution is 7.20. The van der Waals surface area contributed by atoms with Crippen LogP contribution >= 0.6 is 11.3 Å². The van der Waals surface area contributed by atoms with Crippen LogP contribution < -0.4 is 9.64 Å². The first-order chi connectivity index (χ1) is 20.9. The van der Waals surface area contributed by atoms with Crippen LogP contribution in [0.4, 0.5) is 13.8 Å². The molecule has 44 heavy (non-hydrogen) atoms. The summed E-state index contributed by atoms with van der Waals surface area (Å²) in [6.07, 6.45) is 4.61. The van der Waals surface area contributed by atoms with E-state index in [1.807, 2.05) is 4.90 Å². The van der Waals surface area contributed by atoms with Gasteiger partial charge in [-0.15, -0.1) is 11.3 Å². The van der Waals surface area contributed by atoms with Gasteiger partial charge in [0.05, 0.1) is 42.1 Å². The van der Waals surface area contributed by atoms with Crippen LogP contribution in [-0.4, -0.2) is 69.5 Å². The molecule has 2 aliphatic carbocycles. The Hall–Kier alpha value is -3.55. The number of hydrogen-bond donors (Lipinski definition) is 2. The molecule has 1 aromatic carbocycles. The molecular formula is C31H35F2N3O7S. The maximum atomic E-state index is 13.9. The lowest BCUT2D eigenvalue weighted by Crippen LogP contribution is -2.59. The van der Waals surface area contributed by atoms with Gasteiger partial charge in [-0.1, -0.05) is 18.2 Å². The monoisotopic (exact) mass is 631 g/mol. The molecule has 3 aliphatic rings. The van der Waals surface area contributed by atoms with E-state index in [9.17, 15) is 28.6 Å². The molecule has 5 atom stereocenters. The van der Waals surface area contributed by atoms with Gasteiger partial charge in [-0.05, 0) is 69.9 Å². The number of oxazole rings is 1. The van der Waals surface area contributed by atoms with Gasteiger partial charge >= 0.3 is 12.6 Å². The van der Waals surface area contributed by atoms with Crippen molar-refractivity contribution in [2.45, 2.75) is 76.9 Å². The van der Waals surface area contributed by atoms with E-state index in [0.29, 0.717) is 44.3 Å². The van der Waals surface area contributed by atoms with Crippen molar-refractivity contribution in [1.82, 2.24) is 9.88 Å². The van der Waals surface area contributed by atoms with Crippen molar-refractivity contribution in [2.75, 3.05) is 18.1 Å².